The summed E-state index contributed by atoms with van der Waals surface area (Å²) in [5.74, 6) is -0.0965. The number of rotatable bonds is 7. The predicted octanol–water partition coefficient (Wildman–Crippen LogP) is 3.30. The number of amides is 1. The molecule has 0 bridgehead atoms. The lowest BCUT2D eigenvalue weighted by Crippen LogP contribution is -2.36. The van der Waals surface area contributed by atoms with E-state index in [4.69, 9.17) is 16.3 Å². The zero-order chi connectivity index (χ0) is 14.3. The van der Waals surface area contributed by atoms with Crippen LogP contribution in [0.4, 0.5) is 5.69 Å². The Hall–Kier alpha value is -1.06. The van der Waals surface area contributed by atoms with Crippen molar-refractivity contribution in [2.24, 2.45) is 0 Å². The van der Waals surface area contributed by atoms with Gasteiger partial charge < -0.3 is 9.64 Å². The quantitative estimate of drug-likeness (QED) is 0.568. The number of hydrogen-bond donors (Lipinski definition) is 0. The Morgan fingerprint density at radius 3 is 2.42 bits per heavy atom. The summed E-state index contributed by atoms with van der Waals surface area (Å²) in [4.78, 5) is 13.7. The number of ether oxygens (including phenoxy) is 1. The molecule has 0 atom stereocenters. The van der Waals surface area contributed by atoms with E-state index in [1.54, 1.807) is 4.90 Å². The lowest BCUT2D eigenvalue weighted by Gasteiger charge is -2.25. The minimum absolute atomic E-state index is 0.0123. The number of para-hydroxylation sites is 1. The van der Waals surface area contributed by atoms with E-state index >= 15 is 0 Å². The molecule has 0 unspecified atom stereocenters. The molecule has 0 radical (unpaired) electrons. The summed E-state index contributed by atoms with van der Waals surface area (Å²) in [5, 5.41) is 0. The van der Waals surface area contributed by atoms with Gasteiger partial charge in [0.1, 0.15) is 5.88 Å². The molecule has 0 saturated carbocycles. The molecule has 0 aliphatic heterocycles. The van der Waals surface area contributed by atoms with Crippen LogP contribution in [0, 0.1) is 13.8 Å². The zero-order valence-corrected chi connectivity index (χ0v) is 12.7. The fourth-order valence-electron chi connectivity index (χ4n) is 2.07. The van der Waals surface area contributed by atoms with Crippen LogP contribution in [0.3, 0.4) is 0 Å². The smallest absolute Gasteiger partial charge is 0.242 e. The second kappa shape index (κ2) is 8.18. The first-order valence-electron chi connectivity index (χ1n) is 6.62. The molecule has 1 aromatic rings. The van der Waals surface area contributed by atoms with Crippen LogP contribution in [0.25, 0.3) is 0 Å². The van der Waals surface area contributed by atoms with Crippen molar-refractivity contribution in [3.8, 4) is 0 Å². The van der Waals surface area contributed by atoms with Crippen LogP contribution in [0.5, 0.6) is 0 Å². The van der Waals surface area contributed by atoms with Gasteiger partial charge in [-0.3, -0.25) is 4.79 Å². The molecule has 0 aliphatic carbocycles. The second-order valence-corrected chi connectivity index (χ2v) is 4.80. The third-order valence-electron chi connectivity index (χ3n) is 2.93. The van der Waals surface area contributed by atoms with Crippen molar-refractivity contribution < 1.29 is 9.53 Å². The standard InChI is InChI=1S/C15H22ClNO2/c1-4-9-19-10-8-17(14(18)11-16)15-12(2)6-5-7-13(15)3/h5-7H,4,8-11H2,1-3H3. The van der Waals surface area contributed by atoms with Crippen molar-refractivity contribution in [3.05, 3.63) is 29.3 Å². The van der Waals surface area contributed by atoms with Crippen LogP contribution in [0.1, 0.15) is 24.5 Å². The van der Waals surface area contributed by atoms with Gasteiger partial charge in [0.2, 0.25) is 5.91 Å². The van der Waals surface area contributed by atoms with Crippen LogP contribution < -0.4 is 4.90 Å². The van der Waals surface area contributed by atoms with Gasteiger partial charge in [-0.25, -0.2) is 0 Å². The first-order valence-corrected chi connectivity index (χ1v) is 7.15. The summed E-state index contributed by atoms with van der Waals surface area (Å²) < 4.78 is 5.47. The summed E-state index contributed by atoms with van der Waals surface area (Å²) in [6.45, 7) is 7.86. The zero-order valence-electron chi connectivity index (χ0n) is 11.9. The molecule has 0 aliphatic rings. The molecule has 0 heterocycles. The molecule has 4 heteroatoms. The van der Waals surface area contributed by atoms with Gasteiger partial charge in [0, 0.05) is 18.8 Å². The maximum atomic E-state index is 12.0. The summed E-state index contributed by atoms with van der Waals surface area (Å²) in [6, 6.07) is 6.00. The van der Waals surface area contributed by atoms with Crippen LogP contribution in [-0.2, 0) is 9.53 Å². The number of carbonyl (C=O) groups excluding carboxylic acids is 1. The van der Waals surface area contributed by atoms with Crippen LogP contribution in [0.2, 0.25) is 0 Å². The highest BCUT2D eigenvalue weighted by Crippen LogP contribution is 2.24. The highest BCUT2D eigenvalue weighted by molar-refractivity contribution is 6.29. The van der Waals surface area contributed by atoms with Crippen LogP contribution in [-0.4, -0.2) is 31.5 Å². The van der Waals surface area contributed by atoms with Crippen molar-refractivity contribution in [1.29, 1.82) is 0 Å². The van der Waals surface area contributed by atoms with Gasteiger partial charge in [-0.05, 0) is 31.4 Å². The maximum absolute atomic E-state index is 12.0. The van der Waals surface area contributed by atoms with Crippen molar-refractivity contribution in [1.82, 2.24) is 0 Å². The Balaban J connectivity index is 2.87. The van der Waals surface area contributed by atoms with Gasteiger partial charge in [0.05, 0.1) is 6.61 Å². The third-order valence-corrected chi connectivity index (χ3v) is 3.16. The third kappa shape index (κ3) is 4.51. The Kier molecular flexibility index (Phi) is 6.89. The normalized spacial score (nSPS) is 10.5. The number of halogens is 1. The Morgan fingerprint density at radius 1 is 1.26 bits per heavy atom. The Bertz CT molecular complexity index is 400. The average molecular weight is 284 g/mol. The fraction of sp³-hybridized carbons (Fsp3) is 0.533. The summed E-state index contributed by atoms with van der Waals surface area (Å²) in [7, 11) is 0. The fourth-order valence-corrected chi connectivity index (χ4v) is 2.21. The molecule has 0 spiro atoms. The maximum Gasteiger partial charge on any atom is 0.242 e. The molecular weight excluding hydrogens is 262 g/mol. The van der Waals surface area contributed by atoms with Gasteiger partial charge in [-0.2, -0.15) is 0 Å². The van der Waals surface area contributed by atoms with Gasteiger partial charge in [-0.1, -0.05) is 25.1 Å². The number of alkyl halides is 1. The lowest BCUT2D eigenvalue weighted by molar-refractivity contribution is -0.116. The molecule has 0 fully saturated rings. The first-order chi connectivity index (χ1) is 9.11. The summed E-state index contributed by atoms with van der Waals surface area (Å²) >= 11 is 5.71. The topological polar surface area (TPSA) is 29.5 Å². The van der Waals surface area contributed by atoms with Gasteiger partial charge in [0.25, 0.3) is 0 Å². The van der Waals surface area contributed by atoms with E-state index in [-0.39, 0.29) is 11.8 Å². The van der Waals surface area contributed by atoms with E-state index in [0.717, 1.165) is 29.8 Å². The Morgan fingerprint density at radius 2 is 1.89 bits per heavy atom. The van der Waals surface area contributed by atoms with Crippen molar-refractivity contribution in [2.45, 2.75) is 27.2 Å². The summed E-state index contributed by atoms with van der Waals surface area (Å²) in [5.41, 5.74) is 3.11. The van der Waals surface area contributed by atoms with Crippen LogP contribution >= 0.6 is 11.6 Å². The minimum atomic E-state index is -0.0841. The molecule has 1 rings (SSSR count). The van der Waals surface area contributed by atoms with E-state index in [0.29, 0.717) is 13.2 Å². The number of aryl methyl sites for hydroxylation is 2. The molecule has 0 saturated heterocycles. The van der Waals surface area contributed by atoms with Crippen LogP contribution in [0.15, 0.2) is 18.2 Å². The van der Waals surface area contributed by atoms with Crippen molar-refractivity contribution >= 4 is 23.2 Å². The molecule has 3 nitrogen and oxygen atoms in total. The molecular formula is C15H22ClNO2. The molecule has 1 amide bonds. The minimum Gasteiger partial charge on any atom is -0.380 e. The number of benzene rings is 1. The van der Waals surface area contributed by atoms with Gasteiger partial charge >= 0.3 is 0 Å². The number of nitrogens with zero attached hydrogens (tertiary/aromatic N) is 1. The average Bonchev–Trinajstić information content (AvgIpc) is 2.40. The second-order valence-electron chi connectivity index (χ2n) is 4.53. The van der Waals surface area contributed by atoms with E-state index in [2.05, 4.69) is 6.92 Å². The predicted molar refractivity (Wildman–Crippen MR) is 80.1 cm³/mol. The molecule has 0 N–H and O–H groups in total. The molecule has 19 heavy (non-hydrogen) atoms. The number of carbonyl (C=O) groups is 1. The largest absolute Gasteiger partial charge is 0.380 e. The monoisotopic (exact) mass is 283 g/mol. The van der Waals surface area contributed by atoms with E-state index < -0.39 is 0 Å². The van der Waals surface area contributed by atoms with E-state index in [1.807, 2.05) is 32.0 Å². The lowest BCUT2D eigenvalue weighted by atomic mass is 10.1. The van der Waals surface area contributed by atoms with Gasteiger partial charge in [0.15, 0.2) is 0 Å². The number of anilines is 1. The highest BCUT2D eigenvalue weighted by atomic mass is 35.5. The molecule has 0 aromatic heterocycles. The van der Waals surface area contributed by atoms with E-state index in [1.165, 1.54) is 0 Å². The Labute approximate surface area is 120 Å². The first kappa shape index (κ1) is 16.0. The highest BCUT2D eigenvalue weighted by Gasteiger charge is 2.18. The summed E-state index contributed by atoms with van der Waals surface area (Å²) in [6.07, 6.45) is 0.979. The van der Waals surface area contributed by atoms with Crippen molar-refractivity contribution in [2.75, 3.05) is 30.5 Å². The van der Waals surface area contributed by atoms with E-state index in [9.17, 15) is 4.79 Å². The van der Waals surface area contributed by atoms with Gasteiger partial charge in [-0.15, -0.1) is 11.6 Å². The SMILES string of the molecule is CCCOCCN(C(=O)CCl)c1c(C)cccc1C. The molecule has 1 aromatic carbocycles. The van der Waals surface area contributed by atoms with Crippen molar-refractivity contribution in [3.63, 3.8) is 0 Å². The molecule has 106 valence electrons. The number of hydrogen-bond acceptors (Lipinski definition) is 2.